The first-order valence-corrected chi connectivity index (χ1v) is 8.73. The molecule has 4 N–H and O–H groups in total. The normalized spacial score (nSPS) is 13.1. The molecule has 132 valence electrons. The molecule has 0 aliphatic carbocycles. The van der Waals surface area contributed by atoms with E-state index in [0.717, 1.165) is 0 Å². The lowest BCUT2D eigenvalue weighted by atomic mass is 10.1. The Balaban J connectivity index is 2.18. The van der Waals surface area contributed by atoms with E-state index in [0.29, 0.717) is 11.2 Å². The molecule has 0 saturated carbocycles. The monoisotopic (exact) mass is 359 g/mol. The van der Waals surface area contributed by atoms with Crippen LogP contribution in [0.5, 0.6) is 0 Å². The van der Waals surface area contributed by atoms with Gasteiger partial charge in [-0.05, 0) is 6.42 Å². The Morgan fingerprint density at radius 1 is 1.42 bits per heavy atom. The molecule has 0 spiro atoms. The lowest BCUT2D eigenvalue weighted by Crippen LogP contribution is -2.17. The predicted molar refractivity (Wildman–Crippen MR) is 82.9 cm³/mol. The van der Waals surface area contributed by atoms with Crippen molar-refractivity contribution in [2.75, 3.05) is 25.8 Å². The van der Waals surface area contributed by atoms with Crippen LogP contribution in [0.15, 0.2) is 12.7 Å². The van der Waals surface area contributed by atoms with Crippen molar-refractivity contribution < 1.29 is 28.6 Å². The van der Waals surface area contributed by atoms with Gasteiger partial charge in [-0.3, -0.25) is 9.36 Å². The molecule has 0 aliphatic heterocycles. The maximum absolute atomic E-state index is 11.6. The number of ether oxygens (including phenoxy) is 2. The van der Waals surface area contributed by atoms with Crippen molar-refractivity contribution in [3.8, 4) is 0 Å². The molecule has 1 unspecified atom stereocenters. The number of aromatic nitrogens is 4. The van der Waals surface area contributed by atoms with Crippen LogP contribution in [0.4, 0.5) is 5.82 Å². The minimum absolute atomic E-state index is 0.00949. The van der Waals surface area contributed by atoms with Crippen molar-refractivity contribution in [3.05, 3.63) is 12.7 Å². The number of methoxy groups -OCH3 is 1. The van der Waals surface area contributed by atoms with E-state index in [2.05, 4.69) is 19.7 Å². The second-order valence-corrected chi connectivity index (χ2v) is 6.60. The quantitative estimate of drug-likeness (QED) is 0.333. The third-order valence-electron chi connectivity index (χ3n) is 3.27. The molecule has 0 fully saturated rings. The highest BCUT2D eigenvalue weighted by Crippen LogP contribution is 2.34. The molecule has 0 aromatic carbocycles. The van der Waals surface area contributed by atoms with E-state index in [9.17, 15) is 9.36 Å². The van der Waals surface area contributed by atoms with Crippen LogP contribution in [0, 0.1) is 0 Å². The highest BCUT2D eigenvalue weighted by molar-refractivity contribution is 7.51. The first-order valence-electron chi connectivity index (χ1n) is 6.94. The summed E-state index contributed by atoms with van der Waals surface area (Å²) in [5, 5.41) is 0. The first kappa shape index (κ1) is 18.3. The number of rotatable bonds is 8. The Hall–Kier alpha value is -2.07. The Labute approximate surface area is 137 Å². The standard InChI is InChI=1S/C12H18N5O6P/c1-22-9(18)4-8(2-3-23-7-24(19,20)21)17-6-16-12-10(17)11(13)14-5-15-12/h5-6,8H,2-4,7H2,1H3,(H2,13,14,15)(H2,19,20,21). The van der Waals surface area contributed by atoms with Gasteiger partial charge in [0.05, 0.1) is 19.9 Å². The summed E-state index contributed by atoms with van der Waals surface area (Å²) in [5.41, 5.74) is 6.71. The number of nitrogens with zero attached hydrogens (tertiary/aromatic N) is 4. The molecule has 0 bridgehead atoms. The van der Waals surface area contributed by atoms with Crippen molar-refractivity contribution in [1.82, 2.24) is 19.5 Å². The van der Waals surface area contributed by atoms with Gasteiger partial charge in [-0.25, -0.2) is 15.0 Å². The number of hydrogen-bond acceptors (Lipinski definition) is 8. The van der Waals surface area contributed by atoms with Gasteiger partial charge >= 0.3 is 13.6 Å². The van der Waals surface area contributed by atoms with E-state index in [4.69, 9.17) is 20.3 Å². The average molecular weight is 359 g/mol. The topological polar surface area (TPSA) is 163 Å². The summed E-state index contributed by atoms with van der Waals surface area (Å²) < 4.78 is 22.1. The van der Waals surface area contributed by atoms with Crippen molar-refractivity contribution in [2.24, 2.45) is 0 Å². The first-order chi connectivity index (χ1) is 11.3. The molecule has 11 nitrogen and oxygen atoms in total. The van der Waals surface area contributed by atoms with Crippen molar-refractivity contribution in [1.29, 1.82) is 0 Å². The van der Waals surface area contributed by atoms with E-state index in [1.807, 2.05) is 0 Å². The van der Waals surface area contributed by atoms with Crippen molar-refractivity contribution in [2.45, 2.75) is 18.9 Å². The van der Waals surface area contributed by atoms with Crippen LogP contribution in [-0.2, 0) is 18.8 Å². The average Bonchev–Trinajstić information content (AvgIpc) is 2.94. The molecule has 0 aliphatic rings. The number of carbonyl (C=O) groups is 1. The Bertz CT molecular complexity index is 759. The molecule has 2 rings (SSSR count). The van der Waals surface area contributed by atoms with Gasteiger partial charge in [0.2, 0.25) is 0 Å². The van der Waals surface area contributed by atoms with E-state index in [-0.39, 0.29) is 25.3 Å². The number of fused-ring (bicyclic) bond motifs is 1. The van der Waals surface area contributed by atoms with Gasteiger partial charge in [0, 0.05) is 12.6 Å². The van der Waals surface area contributed by atoms with Crippen LogP contribution in [0.3, 0.4) is 0 Å². The summed E-state index contributed by atoms with van der Waals surface area (Å²) in [7, 11) is -2.97. The summed E-state index contributed by atoms with van der Waals surface area (Å²) >= 11 is 0. The van der Waals surface area contributed by atoms with Gasteiger partial charge in [0.15, 0.2) is 11.5 Å². The zero-order valence-electron chi connectivity index (χ0n) is 12.9. The lowest BCUT2D eigenvalue weighted by Gasteiger charge is -2.18. The van der Waals surface area contributed by atoms with Crippen LogP contribution in [0.1, 0.15) is 18.9 Å². The van der Waals surface area contributed by atoms with E-state index in [1.54, 1.807) is 4.57 Å². The molecule has 0 radical (unpaired) electrons. The summed E-state index contributed by atoms with van der Waals surface area (Å²) in [4.78, 5) is 41.3. The van der Waals surface area contributed by atoms with E-state index < -0.39 is 26.0 Å². The smallest absolute Gasteiger partial charge is 0.350 e. The maximum atomic E-state index is 11.6. The van der Waals surface area contributed by atoms with E-state index in [1.165, 1.54) is 19.8 Å². The fraction of sp³-hybridized carbons (Fsp3) is 0.500. The highest BCUT2D eigenvalue weighted by Gasteiger charge is 2.21. The van der Waals surface area contributed by atoms with Crippen LogP contribution < -0.4 is 5.73 Å². The number of imidazole rings is 1. The Morgan fingerprint density at radius 3 is 2.83 bits per heavy atom. The summed E-state index contributed by atoms with van der Waals surface area (Å²) in [6.45, 7) is 0.0278. The van der Waals surface area contributed by atoms with Gasteiger partial charge in [0.25, 0.3) is 0 Å². The molecule has 2 heterocycles. The summed E-state index contributed by atoms with van der Waals surface area (Å²) in [6, 6.07) is -0.437. The fourth-order valence-corrected chi connectivity index (χ4v) is 2.56. The predicted octanol–water partition coefficient (Wildman–Crippen LogP) is 0.0546. The maximum Gasteiger partial charge on any atom is 0.350 e. The molecule has 2 aromatic heterocycles. The summed E-state index contributed by atoms with van der Waals surface area (Å²) in [5.74, 6) is -0.240. The largest absolute Gasteiger partial charge is 0.469 e. The number of nitrogens with two attached hydrogens (primary N) is 1. The Kier molecular flexibility index (Phi) is 5.84. The fourth-order valence-electron chi connectivity index (χ4n) is 2.19. The van der Waals surface area contributed by atoms with E-state index >= 15 is 0 Å². The van der Waals surface area contributed by atoms with Crippen LogP contribution in [-0.4, -0.2) is 55.3 Å². The number of esters is 1. The van der Waals surface area contributed by atoms with Crippen molar-refractivity contribution in [3.63, 3.8) is 0 Å². The molecule has 0 amide bonds. The highest BCUT2D eigenvalue weighted by atomic mass is 31.2. The zero-order chi connectivity index (χ0) is 17.7. The SMILES string of the molecule is COC(=O)CC(CCOCP(=O)(O)O)n1cnc2ncnc(N)c21. The molecule has 12 heteroatoms. The number of hydrogen-bond donors (Lipinski definition) is 3. The summed E-state index contributed by atoms with van der Waals surface area (Å²) in [6.07, 6.45) is 2.37. The van der Waals surface area contributed by atoms with Gasteiger partial charge in [-0.1, -0.05) is 0 Å². The molecule has 0 saturated heterocycles. The third-order valence-corrected chi connectivity index (χ3v) is 3.79. The second-order valence-electron chi connectivity index (χ2n) is 5.01. The number of nitrogen functional groups attached to an aromatic ring is 1. The third kappa shape index (κ3) is 4.71. The Morgan fingerprint density at radius 2 is 2.17 bits per heavy atom. The van der Waals surface area contributed by atoms with Crippen LogP contribution in [0.25, 0.3) is 11.2 Å². The minimum atomic E-state index is -4.24. The van der Waals surface area contributed by atoms with Crippen LogP contribution in [0.2, 0.25) is 0 Å². The van der Waals surface area contributed by atoms with Crippen molar-refractivity contribution >= 4 is 30.5 Å². The molecule has 2 aromatic rings. The molecule has 24 heavy (non-hydrogen) atoms. The molecular weight excluding hydrogens is 341 g/mol. The van der Waals surface area contributed by atoms with Gasteiger partial charge in [-0.2, -0.15) is 0 Å². The second kappa shape index (κ2) is 7.67. The van der Waals surface area contributed by atoms with Gasteiger partial charge in [0.1, 0.15) is 18.2 Å². The van der Waals surface area contributed by atoms with Gasteiger partial charge in [-0.15, -0.1) is 0 Å². The minimum Gasteiger partial charge on any atom is -0.469 e. The number of carbonyl (C=O) groups excluding carboxylic acids is 1. The zero-order valence-corrected chi connectivity index (χ0v) is 13.8. The molecule has 1 atom stereocenters. The van der Waals surface area contributed by atoms with Gasteiger partial charge < -0.3 is 29.6 Å². The molecular formula is C12H18N5O6P. The van der Waals surface area contributed by atoms with Crippen LogP contribution >= 0.6 is 7.60 Å². The lowest BCUT2D eigenvalue weighted by molar-refractivity contribution is -0.141. The number of anilines is 1.